The Morgan fingerprint density at radius 2 is 2.43 bits per heavy atom. The maximum atomic E-state index is 5.94. The first kappa shape index (κ1) is 9.18. The van der Waals surface area contributed by atoms with Crippen LogP contribution in [-0.4, -0.2) is 18.6 Å². The van der Waals surface area contributed by atoms with E-state index in [1.807, 2.05) is 25.2 Å². The molecule has 0 radical (unpaired) electrons. The first-order valence-corrected chi connectivity index (χ1v) is 4.54. The average Bonchev–Trinajstić information content (AvgIpc) is 2.64. The van der Waals surface area contributed by atoms with Crippen molar-refractivity contribution in [2.75, 3.05) is 13.6 Å². The van der Waals surface area contributed by atoms with Gasteiger partial charge >= 0.3 is 0 Å². The van der Waals surface area contributed by atoms with Crippen molar-refractivity contribution in [1.29, 1.82) is 0 Å². The highest BCUT2D eigenvalue weighted by Gasteiger charge is 2.06. The van der Waals surface area contributed by atoms with E-state index in [-0.39, 0.29) is 6.04 Å². The van der Waals surface area contributed by atoms with Gasteiger partial charge in [-0.2, -0.15) is 0 Å². The minimum Gasteiger partial charge on any atom is -0.443 e. The molecule has 0 aliphatic heterocycles. The van der Waals surface area contributed by atoms with Gasteiger partial charge in [0.1, 0.15) is 5.52 Å². The topological polar surface area (TPSA) is 64.1 Å². The predicted molar refractivity (Wildman–Crippen MR) is 54.9 cm³/mol. The number of hydrogen-bond donors (Lipinski definition) is 2. The van der Waals surface area contributed by atoms with Crippen molar-refractivity contribution >= 4 is 11.1 Å². The Kier molecular flexibility index (Phi) is 2.47. The molecule has 2 aromatic rings. The van der Waals surface area contributed by atoms with Crippen molar-refractivity contribution in [1.82, 2.24) is 10.3 Å². The highest BCUT2D eigenvalue weighted by molar-refractivity contribution is 5.72. The van der Waals surface area contributed by atoms with Crippen molar-refractivity contribution in [3.63, 3.8) is 0 Å². The normalized spacial score (nSPS) is 13.3. The molecule has 0 aliphatic carbocycles. The van der Waals surface area contributed by atoms with E-state index in [1.54, 1.807) is 0 Å². The molecule has 4 heteroatoms. The Morgan fingerprint density at radius 1 is 1.57 bits per heavy atom. The summed E-state index contributed by atoms with van der Waals surface area (Å²) in [5.74, 6) is 0. The molecule has 14 heavy (non-hydrogen) atoms. The van der Waals surface area contributed by atoms with Gasteiger partial charge in [-0.1, -0.05) is 6.07 Å². The van der Waals surface area contributed by atoms with Gasteiger partial charge in [0.25, 0.3) is 0 Å². The minimum absolute atomic E-state index is 0.00509. The maximum absolute atomic E-state index is 5.94. The van der Waals surface area contributed by atoms with Gasteiger partial charge in [-0.3, -0.25) is 0 Å². The van der Waals surface area contributed by atoms with Crippen LogP contribution in [-0.2, 0) is 0 Å². The summed E-state index contributed by atoms with van der Waals surface area (Å²) in [7, 11) is 1.88. The van der Waals surface area contributed by atoms with Crippen molar-refractivity contribution in [2.24, 2.45) is 5.73 Å². The Balaban J connectivity index is 2.33. The lowest BCUT2D eigenvalue weighted by Crippen LogP contribution is -2.23. The lowest BCUT2D eigenvalue weighted by molar-refractivity contribution is 0.599. The second-order valence-corrected chi connectivity index (χ2v) is 3.24. The Hall–Kier alpha value is -1.39. The second kappa shape index (κ2) is 3.77. The molecule has 74 valence electrons. The lowest BCUT2D eigenvalue weighted by Gasteiger charge is -2.10. The SMILES string of the molecule is CNCC(N)c1ccc2ncoc2c1. The van der Waals surface area contributed by atoms with Gasteiger partial charge in [-0.15, -0.1) is 0 Å². The molecule has 3 N–H and O–H groups in total. The molecule has 1 unspecified atom stereocenters. The summed E-state index contributed by atoms with van der Waals surface area (Å²) >= 11 is 0. The van der Waals surface area contributed by atoms with E-state index < -0.39 is 0 Å². The molecule has 0 fully saturated rings. The largest absolute Gasteiger partial charge is 0.443 e. The molecule has 1 heterocycles. The molecule has 4 nitrogen and oxygen atoms in total. The quantitative estimate of drug-likeness (QED) is 0.761. The van der Waals surface area contributed by atoms with Gasteiger partial charge in [0.2, 0.25) is 0 Å². The molecule has 1 aromatic heterocycles. The zero-order valence-corrected chi connectivity index (χ0v) is 8.03. The van der Waals surface area contributed by atoms with Crippen molar-refractivity contribution in [3.8, 4) is 0 Å². The van der Waals surface area contributed by atoms with Crippen molar-refractivity contribution < 1.29 is 4.42 Å². The number of likely N-dealkylation sites (N-methyl/N-ethyl adjacent to an activating group) is 1. The number of nitrogens with two attached hydrogens (primary N) is 1. The number of fused-ring (bicyclic) bond motifs is 1. The van der Waals surface area contributed by atoms with Crippen molar-refractivity contribution in [2.45, 2.75) is 6.04 Å². The summed E-state index contributed by atoms with van der Waals surface area (Å²) in [5, 5.41) is 3.04. The Labute approximate surface area is 82.1 Å². The fourth-order valence-corrected chi connectivity index (χ4v) is 1.44. The van der Waals surface area contributed by atoms with Gasteiger partial charge in [0, 0.05) is 12.6 Å². The van der Waals surface area contributed by atoms with Crippen LogP contribution in [0.25, 0.3) is 11.1 Å². The van der Waals surface area contributed by atoms with Crippen LogP contribution in [0, 0.1) is 0 Å². The molecule has 1 atom stereocenters. The van der Waals surface area contributed by atoms with E-state index in [9.17, 15) is 0 Å². The summed E-state index contributed by atoms with van der Waals surface area (Å²) in [5.41, 5.74) is 8.65. The summed E-state index contributed by atoms with van der Waals surface area (Å²) in [6.07, 6.45) is 1.44. The number of rotatable bonds is 3. The molecule has 0 amide bonds. The fraction of sp³-hybridized carbons (Fsp3) is 0.300. The number of nitrogens with one attached hydrogen (secondary N) is 1. The zero-order chi connectivity index (χ0) is 9.97. The smallest absolute Gasteiger partial charge is 0.181 e. The van der Waals surface area contributed by atoms with Crippen LogP contribution < -0.4 is 11.1 Å². The van der Waals surface area contributed by atoms with Crippen LogP contribution in [0.3, 0.4) is 0 Å². The van der Waals surface area contributed by atoms with E-state index in [2.05, 4.69) is 10.3 Å². The third kappa shape index (κ3) is 1.62. The molecule has 0 spiro atoms. The van der Waals surface area contributed by atoms with Crippen LogP contribution in [0.2, 0.25) is 0 Å². The van der Waals surface area contributed by atoms with Crippen LogP contribution in [0.5, 0.6) is 0 Å². The van der Waals surface area contributed by atoms with Crippen LogP contribution >= 0.6 is 0 Å². The van der Waals surface area contributed by atoms with E-state index >= 15 is 0 Å². The molecule has 1 aromatic carbocycles. The highest BCUT2D eigenvalue weighted by atomic mass is 16.3. The first-order chi connectivity index (χ1) is 6.81. The molecular formula is C10H13N3O. The standard InChI is InChI=1S/C10H13N3O/c1-12-5-8(11)7-2-3-9-10(4-7)14-6-13-9/h2-4,6,8,12H,5,11H2,1H3. The van der Waals surface area contributed by atoms with E-state index in [4.69, 9.17) is 10.2 Å². The second-order valence-electron chi connectivity index (χ2n) is 3.24. The van der Waals surface area contributed by atoms with Gasteiger partial charge in [0.15, 0.2) is 12.0 Å². The fourth-order valence-electron chi connectivity index (χ4n) is 1.44. The van der Waals surface area contributed by atoms with Crippen LogP contribution in [0.1, 0.15) is 11.6 Å². The molecule has 0 aliphatic rings. The number of nitrogens with zero attached hydrogens (tertiary/aromatic N) is 1. The van der Waals surface area contributed by atoms with Gasteiger partial charge in [0.05, 0.1) is 0 Å². The monoisotopic (exact) mass is 191 g/mol. The third-order valence-electron chi connectivity index (χ3n) is 2.21. The summed E-state index contributed by atoms with van der Waals surface area (Å²) in [4.78, 5) is 4.04. The Morgan fingerprint density at radius 3 is 3.21 bits per heavy atom. The molecule has 0 saturated heterocycles. The van der Waals surface area contributed by atoms with Crippen molar-refractivity contribution in [3.05, 3.63) is 30.2 Å². The van der Waals surface area contributed by atoms with E-state index in [0.717, 1.165) is 23.2 Å². The van der Waals surface area contributed by atoms with Gasteiger partial charge in [-0.05, 0) is 24.7 Å². The minimum atomic E-state index is -0.00509. The molecule has 2 rings (SSSR count). The number of aromatic nitrogens is 1. The Bertz CT molecular complexity index is 424. The molecule has 0 bridgehead atoms. The van der Waals surface area contributed by atoms with E-state index in [1.165, 1.54) is 6.39 Å². The van der Waals surface area contributed by atoms with Crippen LogP contribution in [0.15, 0.2) is 29.0 Å². The summed E-state index contributed by atoms with van der Waals surface area (Å²) in [6, 6.07) is 5.83. The molecular weight excluding hydrogens is 178 g/mol. The summed E-state index contributed by atoms with van der Waals surface area (Å²) < 4.78 is 5.20. The van der Waals surface area contributed by atoms with Gasteiger partial charge < -0.3 is 15.5 Å². The predicted octanol–water partition coefficient (Wildman–Crippen LogP) is 1.05. The summed E-state index contributed by atoms with van der Waals surface area (Å²) in [6.45, 7) is 0.750. The first-order valence-electron chi connectivity index (χ1n) is 4.54. The number of hydrogen-bond acceptors (Lipinski definition) is 4. The van der Waals surface area contributed by atoms with Crippen LogP contribution in [0.4, 0.5) is 0 Å². The molecule has 0 saturated carbocycles. The average molecular weight is 191 g/mol. The lowest BCUT2D eigenvalue weighted by atomic mass is 10.1. The number of oxazole rings is 1. The third-order valence-corrected chi connectivity index (χ3v) is 2.21. The maximum Gasteiger partial charge on any atom is 0.181 e. The van der Waals surface area contributed by atoms with E-state index in [0.29, 0.717) is 0 Å². The number of benzene rings is 1. The zero-order valence-electron chi connectivity index (χ0n) is 8.03. The van der Waals surface area contributed by atoms with Gasteiger partial charge in [-0.25, -0.2) is 4.98 Å². The highest BCUT2D eigenvalue weighted by Crippen LogP contribution is 2.17.